The molecule has 1 heterocycles. The van der Waals surface area contributed by atoms with Crippen molar-refractivity contribution in [3.05, 3.63) is 30.5 Å². The first-order chi connectivity index (χ1) is 8.59. The number of anilines is 2. The number of aromatic nitrogens is 1. The molecule has 18 heavy (non-hydrogen) atoms. The molecule has 0 amide bonds. The number of nitrogens with one attached hydrogen (secondary N) is 1. The van der Waals surface area contributed by atoms with Crippen molar-refractivity contribution in [3.8, 4) is 0 Å². The van der Waals surface area contributed by atoms with Gasteiger partial charge in [0.2, 0.25) is 0 Å². The van der Waals surface area contributed by atoms with E-state index in [0.29, 0.717) is 16.9 Å². The molecule has 6 heteroatoms. The fourth-order valence-electron chi connectivity index (χ4n) is 1.66. The van der Waals surface area contributed by atoms with Crippen molar-refractivity contribution in [3.63, 3.8) is 0 Å². The highest BCUT2D eigenvalue weighted by atomic mass is 19.3. The number of hydrogen-bond donors (Lipinski definition) is 3. The van der Waals surface area contributed by atoms with E-state index in [-0.39, 0.29) is 6.54 Å². The molecule has 0 saturated carbocycles. The number of aliphatic hydroxyl groups is 1. The van der Waals surface area contributed by atoms with Gasteiger partial charge in [-0.3, -0.25) is 4.98 Å². The van der Waals surface area contributed by atoms with Crippen LogP contribution in [-0.2, 0) is 0 Å². The van der Waals surface area contributed by atoms with Gasteiger partial charge in [0.05, 0.1) is 11.2 Å². The van der Waals surface area contributed by atoms with Crippen LogP contribution >= 0.6 is 0 Å². The number of benzene rings is 1. The Labute approximate surface area is 102 Å². The third-order valence-corrected chi connectivity index (χ3v) is 2.59. The molecule has 1 aromatic heterocycles. The average Bonchev–Trinajstić information content (AvgIpc) is 2.36. The summed E-state index contributed by atoms with van der Waals surface area (Å²) in [6.45, 7) is -0.231. The van der Waals surface area contributed by atoms with E-state index >= 15 is 0 Å². The lowest BCUT2D eigenvalue weighted by atomic mass is 10.1. The van der Waals surface area contributed by atoms with Gasteiger partial charge in [0.25, 0.3) is 6.43 Å². The highest BCUT2D eigenvalue weighted by Crippen LogP contribution is 2.25. The van der Waals surface area contributed by atoms with Gasteiger partial charge in [0, 0.05) is 23.8 Å². The van der Waals surface area contributed by atoms with Crippen LogP contribution in [0.1, 0.15) is 0 Å². The van der Waals surface area contributed by atoms with Gasteiger partial charge in [-0.2, -0.15) is 0 Å². The first-order valence-electron chi connectivity index (χ1n) is 5.43. The second-order valence-electron chi connectivity index (χ2n) is 3.88. The van der Waals surface area contributed by atoms with Crippen LogP contribution in [0.3, 0.4) is 0 Å². The maximum Gasteiger partial charge on any atom is 0.265 e. The molecule has 0 saturated heterocycles. The van der Waals surface area contributed by atoms with Crippen molar-refractivity contribution >= 4 is 22.3 Å². The lowest BCUT2D eigenvalue weighted by Crippen LogP contribution is -2.26. The number of aliphatic hydroxyl groups excluding tert-OH is 1. The van der Waals surface area contributed by atoms with Crippen molar-refractivity contribution in [2.75, 3.05) is 17.6 Å². The number of fused-ring (bicyclic) bond motifs is 1. The minimum atomic E-state index is -2.77. The van der Waals surface area contributed by atoms with E-state index in [2.05, 4.69) is 10.3 Å². The van der Waals surface area contributed by atoms with E-state index in [1.54, 1.807) is 24.3 Å². The summed E-state index contributed by atoms with van der Waals surface area (Å²) in [4.78, 5) is 4.13. The van der Waals surface area contributed by atoms with E-state index < -0.39 is 12.5 Å². The van der Waals surface area contributed by atoms with Crippen molar-refractivity contribution in [2.24, 2.45) is 0 Å². The second kappa shape index (κ2) is 5.14. The Morgan fingerprint density at radius 3 is 2.83 bits per heavy atom. The van der Waals surface area contributed by atoms with Gasteiger partial charge in [-0.1, -0.05) is 12.1 Å². The summed E-state index contributed by atoms with van der Waals surface area (Å²) in [5.74, 6) is 0. The normalized spacial score (nSPS) is 12.9. The molecule has 2 rings (SSSR count). The molecule has 0 aliphatic rings. The van der Waals surface area contributed by atoms with Crippen molar-refractivity contribution in [1.29, 1.82) is 0 Å². The largest absolute Gasteiger partial charge is 0.397 e. The fraction of sp³-hybridized carbons (Fsp3) is 0.250. The molecule has 96 valence electrons. The number of rotatable bonds is 4. The average molecular weight is 253 g/mol. The molecule has 1 atom stereocenters. The standard InChI is InChI=1S/C12H13F2N3O/c13-12(14)10(18)6-17-9-4-5-16-11-7(9)2-1-3-8(11)15/h1-5,10,12,18H,6,15H2,(H,16,17). The zero-order valence-corrected chi connectivity index (χ0v) is 9.48. The quantitative estimate of drug-likeness (QED) is 0.727. The maximum atomic E-state index is 12.2. The molecule has 4 N–H and O–H groups in total. The Hall–Kier alpha value is -1.95. The van der Waals surface area contributed by atoms with Gasteiger partial charge < -0.3 is 16.2 Å². The van der Waals surface area contributed by atoms with Gasteiger partial charge in [-0.05, 0) is 12.1 Å². The van der Waals surface area contributed by atoms with E-state index in [1.165, 1.54) is 6.20 Å². The monoisotopic (exact) mass is 253 g/mol. The molecule has 1 aromatic carbocycles. The van der Waals surface area contributed by atoms with Gasteiger partial charge in [-0.25, -0.2) is 8.78 Å². The maximum absolute atomic E-state index is 12.2. The summed E-state index contributed by atoms with van der Waals surface area (Å²) in [5, 5.41) is 12.6. The zero-order chi connectivity index (χ0) is 13.1. The third kappa shape index (κ3) is 2.48. The summed E-state index contributed by atoms with van der Waals surface area (Å²) in [7, 11) is 0. The molecule has 0 fully saturated rings. The third-order valence-electron chi connectivity index (χ3n) is 2.59. The molecular weight excluding hydrogens is 240 g/mol. The molecule has 0 aliphatic carbocycles. The van der Waals surface area contributed by atoms with Crippen LogP contribution in [0.5, 0.6) is 0 Å². The number of pyridine rings is 1. The molecule has 0 spiro atoms. The zero-order valence-electron chi connectivity index (χ0n) is 9.48. The Kier molecular flexibility index (Phi) is 3.57. The lowest BCUT2D eigenvalue weighted by Gasteiger charge is -2.13. The number of hydrogen-bond acceptors (Lipinski definition) is 4. The predicted octanol–water partition coefficient (Wildman–Crippen LogP) is 1.85. The van der Waals surface area contributed by atoms with Crippen LogP contribution < -0.4 is 11.1 Å². The smallest absolute Gasteiger partial charge is 0.265 e. The SMILES string of the molecule is Nc1cccc2c(NCC(O)C(F)F)ccnc12. The van der Waals surface area contributed by atoms with E-state index in [9.17, 15) is 8.78 Å². The topological polar surface area (TPSA) is 71.2 Å². The van der Waals surface area contributed by atoms with Crippen LogP contribution in [0.2, 0.25) is 0 Å². The van der Waals surface area contributed by atoms with Crippen LogP contribution in [0.15, 0.2) is 30.5 Å². The Morgan fingerprint density at radius 2 is 2.11 bits per heavy atom. The van der Waals surface area contributed by atoms with E-state index in [1.807, 2.05) is 0 Å². The molecule has 2 aromatic rings. The number of para-hydroxylation sites is 1. The van der Waals surface area contributed by atoms with E-state index in [4.69, 9.17) is 10.8 Å². The summed E-state index contributed by atoms with van der Waals surface area (Å²) in [6.07, 6.45) is -2.93. The fourth-order valence-corrected chi connectivity index (χ4v) is 1.66. The minimum absolute atomic E-state index is 0.231. The second-order valence-corrected chi connectivity index (χ2v) is 3.88. The van der Waals surface area contributed by atoms with Crippen molar-refractivity contribution in [2.45, 2.75) is 12.5 Å². The minimum Gasteiger partial charge on any atom is -0.397 e. The van der Waals surface area contributed by atoms with Crippen LogP contribution in [-0.4, -0.2) is 29.2 Å². The first-order valence-corrected chi connectivity index (χ1v) is 5.43. The Morgan fingerprint density at radius 1 is 1.33 bits per heavy atom. The number of nitrogen functional groups attached to an aromatic ring is 1. The Balaban J connectivity index is 2.26. The van der Waals surface area contributed by atoms with Gasteiger partial charge >= 0.3 is 0 Å². The van der Waals surface area contributed by atoms with Crippen LogP contribution in [0, 0.1) is 0 Å². The van der Waals surface area contributed by atoms with Gasteiger partial charge in [-0.15, -0.1) is 0 Å². The van der Waals surface area contributed by atoms with Crippen molar-refractivity contribution < 1.29 is 13.9 Å². The number of nitrogens with zero attached hydrogens (tertiary/aromatic N) is 1. The summed E-state index contributed by atoms with van der Waals surface area (Å²) in [5.41, 5.74) is 7.51. The number of nitrogens with two attached hydrogens (primary N) is 1. The molecular formula is C12H13F2N3O. The predicted molar refractivity (Wildman–Crippen MR) is 66.7 cm³/mol. The van der Waals surface area contributed by atoms with Gasteiger partial charge in [0.1, 0.15) is 6.10 Å². The van der Waals surface area contributed by atoms with Crippen LogP contribution in [0.4, 0.5) is 20.2 Å². The highest BCUT2D eigenvalue weighted by Gasteiger charge is 2.16. The molecule has 1 unspecified atom stereocenters. The summed E-state index contributed by atoms with van der Waals surface area (Å²) in [6, 6.07) is 6.91. The summed E-state index contributed by atoms with van der Waals surface area (Å²) >= 11 is 0. The Bertz CT molecular complexity index is 548. The number of halogens is 2. The first kappa shape index (κ1) is 12.5. The van der Waals surface area contributed by atoms with Crippen molar-refractivity contribution in [1.82, 2.24) is 4.98 Å². The van der Waals surface area contributed by atoms with E-state index in [0.717, 1.165) is 5.39 Å². The molecule has 4 nitrogen and oxygen atoms in total. The molecule has 0 radical (unpaired) electrons. The van der Waals surface area contributed by atoms with Gasteiger partial charge in [0.15, 0.2) is 0 Å². The molecule has 0 aliphatic heterocycles. The number of alkyl halides is 2. The van der Waals surface area contributed by atoms with Crippen LogP contribution in [0.25, 0.3) is 10.9 Å². The molecule has 0 bridgehead atoms. The highest BCUT2D eigenvalue weighted by molar-refractivity contribution is 5.97. The lowest BCUT2D eigenvalue weighted by molar-refractivity contribution is 0.00386. The summed E-state index contributed by atoms with van der Waals surface area (Å²) < 4.78 is 24.4.